The fourth-order valence-corrected chi connectivity index (χ4v) is 4.37. The maximum Gasteiger partial charge on any atom is 0.271 e. The van der Waals surface area contributed by atoms with Crippen LogP contribution in [0.25, 0.3) is 0 Å². The molecule has 0 aliphatic rings. The molecule has 2 N–H and O–H groups in total. The molecule has 0 unspecified atom stereocenters. The molecule has 0 aliphatic carbocycles. The van der Waals surface area contributed by atoms with Gasteiger partial charge >= 0.3 is 0 Å². The topological polar surface area (TPSA) is 71.1 Å². The number of rotatable bonds is 5. The van der Waals surface area contributed by atoms with E-state index in [1.54, 1.807) is 18.2 Å². The molecule has 118 valence electrons. The lowest BCUT2D eigenvalue weighted by atomic mass is 10.3. The van der Waals surface area contributed by atoms with E-state index in [9.17, 15) is 8.42 Å². The highest BCUT2D eigenvalue weighted by Gasteiger charge is 2.16. The first-order chi connectivity index (χ1) is 11.0. The van der Waals surface area contributed by atoms with Crippen LogP contribution >= 0.6 is 22.9 Å². The Bertz CT molecular complexity index is 894. The van der Waals surface area contributed by atoms with Gasteiger partial charge in [0.15, 0.2) is 0 Å². The van der Waals surface area contributed by atoms with Crippen LogP contribution in [0.4, 0.5) is 17.2 Å². The average molecular weight is 366 g/mol. The molecule has 0 amide bonds. The highest BCUT2D eigenvalue weighted by atomic mass is 35.5. The van der Waals surface area contributed by atoms with Gasteiger partial charge < -0.3 is 5.32 Å². The number of hydrogen-bond donors (Lipinski definition) is 2. The van der Waals surface area contributed by atoms with Crippen molar-refractivity contribution in [1.82, 2.24) is 4.98 Å². The minimum atomic E-state index is -3.64. The van der Waals surface area contributed by atoms with Crippen molar-refractivity contribution in [2.24, 2.45) is 0 Å². The van der Waals surface area contributed by atoms with Gasteiger partial charge in [-0.1, -0.05) is 29.8 Å². The number of hydrogen-bond acceptors (Lipinski definition) is 5. The first kappa shape index (κ1) is 15.8. The zero-order valence-corrected chi connectivity index (χ0v) is 14.1. The van der Waals surface area contributed by atoms with Gasteiger partial charge in [0.05, 0.1) is 16.2 Å². The fourth-order valence-electron chi connectivity index (χ4n) is 1.85. The summed E-state index contributed by atoms with van der Waals surface area (Å²) < 4.78 is 27.4. The summed E-state index contributed by atoms with van der Waals surface area (Å²) in [6, 6.07) is 15.9. The predicted molar refractivity (Wildman–Crippen MR) is 94.1 cm³/mol. The van der Waals surface area contributed by atoms with E-state index in [0.717, 1.165) is 17.0 Å². The van der Waals surface area contributed by atoms with Crippen LogP contribution < -0.4 is 10.0 Å². The van der Waals surface area contributed by atoms with E-state index in [0.29, 0.717) is 15.8 Å². The predicted octanol–water partition coefficient (Wildman–Crippen LogP) is 4.34. The summed E-state index contributed by atoms with van der Waals surface area (Å²) in [5, 5.41) is 3.13. The highest BCUT2D eigenvalue weighted by molar-refractivity contribution is 7.94. The Morgan fingerprint density at radius 2 is 1.74 bits per heavy atom. The summed E-state index contributed by atoms with van der Waals surface area (Å²) in [6.45, 7) is 0. The van der Waals surface area contributed by atoms with Gasteiger partial charge in [-0.15, -0.1) is 11.3 Å². The first-order valence-corrected chi connectivity index (χ1v) is 9.27. The normalized spacial score (nSPS) is 11.2. The molecule has 0 atom stereocenters. The number of nitrogens with one attached hydrogen (secondary N) is 2. The van der Waals surface area contributed by atoms with Crippen molar-refractivity contribution in [2.75, 3.05) is 10.0 Å². The van der Waals surface area contributed by atoms with Gasteiger partial charge in [-0.25, -0.2) is 13.4 Å². The maximum atomic E-state index is 12.2. The van der Waals surface area contributed by atoms with Crippen LogP contribution in [0.2, 0.25) is 4.34 Å². The van der Waals surface area contributed by atoms with E-state index in [4.69, 9.17) is 11.6 Å². The average Bonchev–Trinajstić information content (AvgIpc) is 2.98. The molecule has 0 saturated heterocycles. The van der Waals surface area contributed by atoms with Crippen LogP contribution in [0.3, 0.4) is 0 Å². The van der Waals surface area contributed by atoms with Gasteiger partial charge in [-0.2, -0.15) is 0 Å². The number of anilines is 3. The number of aromatic nitrogens is 1. The molecular weight excluding hydrogens is 354 g/mol. The molecule has 0 bridgehead atoms. The van der Waals surface area contributed by atoms with Gasteiger partial charge in [0.1, 0.15) is 10.0 Å². The third-order valence-corrected chi connectivity index (χ3v) is 5.98. The largest absolute Gasteiger partial charge is 0.340 e. The molecule has 0 spiro atoms. The van der Waals surface area contributed by atoms with Crippen molar-refractivity contribution in [3.63, 3.8) is 0 Å². The molecule has 0 radical (unpaired) electrons. The summed E-state index contributed by atoms with van der Waals surface area (Å²) >= 11 is 6.77. The van der Waals surface area contributed by atoms with Crippen LogP contribution in [-0.4, -0.2) is 13.4 Å². The van der Waals surface area contributed by atoms with Crippen molar-refractivity contribution < 1.29 is 8.42 Å². The molecule has 2 aromatic heterocycles. The van der Waals surface area contributed by atoms with Crippen molar-refractivity contribution >= 4 is 50.2 Å². The molecule has 0 fully saturated rings. The number of nitrogens with zero attached hydrogens (tertiary/aromatic N) is 1. The summed E-state index contributed by atoms with van der Waals surface area (Å²) in [6.07, 6.45) is 1.46. The van der Waals surface area contributed by atoms with E-state index in [1.807, 2.05) is 30.3 Å². The molecule has 3 rings (SSSR count). The van der Waals surface area contributed by atoms with Crippen molar-refractivity contribution in [3.05, 3.63) is 65.1 Å². The van der Waals surface area contributed by atoms with E-state index in [2.05, 4.69) is 15.0 Å². The third kappa shape index (κ3) is 4.01. The minimum absolute atomic E-state index is 0.161. The van der Waals surface area contributed by atoms with Crippen LogP contribution in [0.1, 0.15) is 0 Å². The summed E-state index contributed by atoms with van der Waals surface area (Å²) in [5.41, 5.74) is 1.29. The number of thiophene rings is 1. The summed E-state index contributed by atoms with van der Waals surface area (Å²) in [4.78, 5) is 4.20. The van der Waals surface area contributed by atoms with E-state index in [1.165, 1.54) is 12.3 Å². The lowest BCUT2D eigenvalue weighted by Gasteiger charge is -2.08. The van der Waals surface area contributed by atoms with Crippen molar-refractivity contribution in [1.29, 1.82) is 0 Å². The number of sulfonamides is 1. The molecule has 1 aromatic carbocycles. The molecular formula is C15H12ClN3O2S2. The summed E-state index contributed by atoms with van der Waals surface area (Å²) in [7, 11) is -3.64. The fraction of sp³-hybridized carbons (Fsp3) is 0. The van der Waals surface area contributed by atoms with Crippen LogP contribution in [0.15, 0.2) is 65.0 Å². The second-order valence-corrected chi connectivity index (χ2v) is 8.21. The number of halogens is 1. The lowest BCUT2D eigenvalue weighted by Crippen LogP contribution is -2.11. The van der Waals surface area contributed by atoms with E-state index in [-0.39, 0.29) is 4.21 Å². The van der Waals surface area contributed by atoms with Crippen LogP contribution in [0, 0.1) is 0 Å². The standard InChI is InChI=1S/C15H12ClN3O2S2/c16-13-7-9-15(22-13)23(20,21)19-12-6-8-14(17-10-12)18-11-4-2-1-3-5-11/h1-10,19H,(H,17,18). The Morgan fingerprint density at radius 3 is 2.35 bits per heavy atom. The monoisotopic (exact) mass is 365 g/mol. The van der Waals surface area contributed by atoms with Crippen LogP contribution in [-0.2, 0) is 10.0 Å². The molecule has 5 nitrogen and oxygen atoms in total. The number of benzene rings is 1. The van der Waals surface area contributed by atoms with Gasteiger partial charge in [-0.3, -0.25) is 4.72 Å². The van der Waals surface area contributed by atoms with E-state index < -0.39 is 10.0 Å². The Hall–Kier alpha value is -2.09. The maximum absolute atomic E-state index is 12.2. The quantitative estimate of drug-likeness (QED) is 0.705. The van der Waals surface area contributed by atoms with E-state index >= 15 is 0 Å². The van der Waals surface area contributed by atoms with Crippen molar-refractivity contribution in [3.8, 4) is 0 Å². The Balaban J connectivity index is 1.72. The number of para-hydroxylation sites is 1. The van der Waals surface area contributed by atoms with Crippen molar-refractivity contribution in [2.45, 2.75) is 4.21 Å². The van der Waals surface area contributed by atoms with Gasteiger partial charge in [0.25, 0.3) is 10.0 Å². The first-order valence-electron chi connectivity index (χ1n) is 6.59. The molecule has 2 heterocycles. The Kier molecular flexibility index (Phi) is 4.51. The molecule has 3 aromatic rings. The number of pyridine rings is 1. The molecule has 0 saturated carbocycles. The van der Waals surface area contributed by atoms with Crippen LogP contribution in [0.5, 0.6) is 0 Å². The second kappa shape index (κ2) is 6.57. The lowest BCUT2D eigenvalue weighted by molar-refractivity contribution is 0.603. The Morgan fingerprint density at radius 1 is 0.957 bits per heavy atom. The van der Waals surface area contributed by atoms with Gasteiger partial charge in [-0.05, 0) is 36.4 Å². The molecule has 0 aliphatic heterocycles. The molecule has 23 heavy (non-hydrogen) atoms. The SMILES string of the molecule is O=S(=O)(Nc1ccc(Nc2ccccc2)nc1)c1ccc(Cl)s1. The van der Waals surface area contributed by atoms with Gasteiger partial charge in [0.2, 0.25) is 0 Å². The second-order valence-electron chi connectivity index (χ2n) is 4.59. The third-order valence-electron chi connectivity index (χ3n) is 2.88. The smallest absolute Gasteiger partial charge is 0.271 e. The molecule has 8 heteroatoms. The zero-order chi connectivity index (χ0) is 16.3. The zero-order valence-electron chi connectivity index (χ0n) is 11.7. The van der Waals surface area contributed by atoms with Gasteiger partial charge in [0, 0.05) is 5.69 Å². The highest BCUT2D eigenvalue weighted by Crippen LogP contribution is 2.27. The Labute approximate surface area is 143 Å². The minimum Gasteiger partial charge on any atom is -0.340 e. The summed E-state index contributed by atoms with van der Waals surface area (Å²) in [5.74, 6) is 0.623.